The van der Waals surface area contributed by atoms with E-state index in [0.29, 0.717) is 23.9 Å². The Morgan fingerprint density at radius 1 is 1.37 bits per heavy atom. The number of aromatic nitrogens is 1. The highest BCUT2D eigenvalue weighted by atomic mass is 32.2. The van der Waals surface area contributed by atoms with E-state index in [9.17, 15) is 9.00 Å². The summed E-state index contributed by atoms with van der Waals surface area (Å²) < 4.78 is 28.6. The molecule has 1 saturated heterocycles. The topological polar surface area (TPSA) is 90.7 Å². The number of carbonyl (C=O) groups is 1. The van der Waals surface area contributed by atoms with Gasteiger partial charge in [0.1, 0.15) is 17.3 Å². The molecule has 0 aliphatic carbocycles. The van der Waals surface area contributed by atoms with E-state index < -0.39 is 10.8 Å². The van der Waals surface area contributed by atoms with E-state index >= 15 is 0 Å². The molecule has 0 saturated carbocycles. The number of benzene rings is 1. The molecule has 1 amide bonds. The number of carbonyl (C=O) groups excluding carboxylic acids is 1. The fourth-order valence-electron chi connectivity index (χ4n) is 2.85. The van der Waals surface area contributed by atoms with Gasteiger partial charge in [-0.25, -0.2) is 4.98 Å². The predicted octanol–water partition coefficient (Wildman–Crippen LogP) is 2.20. The number of hydrogen-bond acceptors (Lipinski definition) is 6. The van der Waals surface area contributed by atoms with Crippen molar-refractivity contribution in [3.63, 3.8) is 0 Å². The lowest BCUT2D eigenvalue weighted by atomic mass is 10.2. The minimum Gasteiger partial charge on any atom is -0.497 e. The molecule has 8 heteroatoms. The molecule has 3 rings (SSSR count). The molecule has 2 aromatic rings. The number of amides is 1. The molecule has 0 radical (unpaired) electrons. The lowest BCUT2D eigenvalue weighted by Gasteiger charge is -2.10. The predicted molar refractivity (Wildman–Crippen MR) is 102 cm³/mol. The zero-order chi connectivity index (χ0) is 19.2. The van der Waals surface area contributed by atoms with Crippen LogP contribution >= 0.6 is 0 Å². The number of rotatable bonds is 8. The Balaban J connectivity index is 1.54. The van der Waals surface area contributed by atoms with Crippen LogP contribution in [-0.2, 0) is 26.1 Å². The van der Waals surface area contributed by atoms with Crippen LogP contribution in [0.5, 0.6) is 5.75 Å². The lowest BCUT2D eigenvalue weighted by Crippen LogP contribution is -2.34. The maximum absolute atomic E-state index is 12.3. The van der Waals surface area contributed by atoms with Gasteiger partial charge in [0.05, 0.1) is 24.7 Å². The first-order valence-electron chi connectivity index (χ1n) is 8.89. The Labute approximate surface area is 160 Å². The minimum atomic E-state index is -1.36. The number of nitrogens with one attached hydrogen (secondary N) is 1. The summed E-state index contributed by atoms with van der Waals surface area (Å²) in [5, 5.41) is 2.79. The molecule has 1 aliphatic heterocycles. The molecule has 1 N–H and O–H groups in total. The van der Waals surface area contributed by atoms with E-state index in [0.717, 1.165) is 30.8 Å². The van der Waals surface area contributed by atoms with E-state index in [1.165, 1.54) is 0 Å². The molecular formula is C19H24N2O5S. The van der Waals surface area contributed by atoms with Crippen molar-refractivity contribution in [2.75, 3.05) is 26.0 Å². The maximum Gasteiger partial charge on any atom is 0.232 e. The summed E-state index contributed by atoms with van der Waals surface area (Å²) in [5.74, 6) is 1.70. The second-order valence-electron chi connectivity index (χ2n) is 6.42. The Morgan fingerprint density at radius 2 is 2.15 bits per heavy atom. The molecule has 1 fully saturated rings. The summed E-state index contributed by atoms with van der Waals surface area (Å²) in [6.45, 7) is 3.00. The van der Waals surface area contributed by atoms with Crippen LogP contribution in [0.2, 0.25) is 0 Å². The molecule has 0 bridgehead atoms. The molecule has 27 heavy (non-hydrogen) atoms. The SMILES string of the molecule is COc1ccc(-c2nc(C[S@@](=O)CC(=O)NC[C@@H]3CCCO3)c(C)o2)cc1. The summed E-state index contributed by atoms with van der Waals surface area (Å²) >= 11 is 0. The van der Waals surface area contributed by atoms with Crippen molar-refractivity contribution in [3.05, 3.63) is 35.7 Å². The van der Waals surface area contributed by atoms with Gasteiger partial charge in [-0.05, 0) is 44.0 Å². The molecule has 2 heterocycles. The van der Waals surface area contributed by atoms with Crippen LogP contribution in [0, 0.1) is 6.92 Å². The third-order valence-electron chi connectivity index (χ3n) is 4.37. The van der Waals surface area contributed by atoms with Gasteiger partial charge in [0.25, 0.3) is 0 Å². The fraction of sp³-hybridized carbons (Fsp3) is 0.474. The van der Waals surface area contributed by atoms with Crippen molar-refractivity contribution >= 4 is 16.7 Å². The van der Waals surface area contributed by atoms with Crippen LogP contribution in [0.15, 0.2) is 28.7 Å². The Bertz CT molecular complexity index is 797. The van der Waals surface area contributed by atoms with Crippen molar-refractivity contribution in [3.8, 4) is 17.2 Å². The first-order valence-corrected chi connectivity index (χ1v) is 10.4. The van der Waals surface area contributed by atoms with Crippen LogP contribution in [0.25, 0.3) is 11.5 Å². The average molecular weight is 392 g/mol. The highest BCUT2D eigenvalue weighted by Gasteiger charge is 2.19. The van der Waals surface area contributed by atoms with Gasteiger partial charge in [0, 0.05) is 29.5 Å². The smallest absolute Gasteiger partial charge is 0.232 e. The van der Waals surface area contributed by atoms with Crippen molar-refractivity contribution in [2.45, 2.75) is 31.6 Å². The molecule has 0 unspecified atom stereocenters. The molecule has 0 spiro atoms. The molecule has 1 aliphatic rings. The van der Waals surface area contributed by atoms with Gasteiger partial charge in [0.15, 0.2) is 0 Å². The van der Waals surface area contributed by atoms with Gasteiger partial charge in [-0.3, -0.25) is 9.00 Å². The Morgan fingerprint density at radius 3 is 2.81 bits per heavy atom. The second kappa shape index (κ2) is 9.14. The second-order valence-corrected chi connectivity index (χ2v) is 7.88. The molecular weight excluding hydrogens is 368 g/mol. The highest BCUT2D eigenvalue weighted by Crippen LogP contribution is 2.24. The van der Waals surface area contributed by atoms with E-state index in [1.807, 2.05) is 24.3 Å². The summed E-state index contributed by atoms with van der Waals surface area (Å²) in [6, 6.07) is 7.35. The van der Waals surface area contributed by atoms with Crippen molar-refractivity contribution < 1.29 is 22.9 Å². The van der Waals surface area contributed by atoms with Crippen LogP contribution in [0.4, 0.5) is 0 Å². The zero-order valence-corrected chi connectivity index (χ0v) is 16.3. The fourth-order valence-corrected chi connectivity index (χ4v) is 3.92. The number of aryl methyl sites for hydroxylation is 1. The molecule has 7 nitrogen and oxygen atoms in total. The van der Waals surface area contributed by atoms with Crippen molar-refractivity contribution in [1.29, 1.82) is 0 Å². The Kier molecular flexibility index (Phi) is 6.63. The van der Waals surface area contributed by atoms with Crippen LogP contribution in [0.3, 0.4) is 0 Å². The van der Waals surface area contributed by atoms with Gasteiger partial charge in [0.2, 0.25) is 11.8 Å². The van der Waals surface area contributed by atoms with E-state index in [2.05, 4.69) is 10.3 Å². The number of oxazole rings is 1. The summed E-state index contributed by atoms with van der Waals surface area (Å²) in [6.07, 6.45) is 2.05. The Hall–Kier alpha value is -2.19. The molecule has 2 atom stereocenters. The average Bonchev–Trinajstić information content (AvgIpc) is 3.30. The van der Waals surface area contributed by atoms with E-state index in [1.54, 1.807) is 14.0 Å². The van der Waals surface area contributed by atoms with Gasteiger partial charge < -0.3 is 19.2 Å². The number of nitrogens with zero attached hydrogens (tertiary/aromatic N) is 1. The maximum atomic E-state index is 12.3. The number of ether oxygens (including phenoxy) is 2. The van der Waals surface area contributed by atoms with Crippen molar-refractivity contribution in [1.82, 2.24) is 10.3 Å². The van der Waals surface area contributed by atoms with E-state index in [-0.39, 0.29) is 23.5 Å². The van der Waals surface area contributed by atoms with Crippen LogP contribution in [0.1, 0.15) is 24.3 Å². The van der Waals surface area contributed by atoms with Gasteiger partial charge in [-0.1, -0.05) is 0 Å². The monoisotopic (exact) mass is 392 g/mol. The molecule has 1 aromatic heterocycles. The quantitative estimate of drug-likeness (QED) is 0.741. The standard InChI is InChI=1S/C19H24N2O5S/c1-13-17(21-19(26-13)14-5-7-15(24-2)8-6-14)11-27(23)12-18(22)20-10-16-4-3-9-25-16/h5-8,16H,3-4,9-12H2,1-2H3,(H,20,22)/t16-,27+/m0/s1. The van der Waals surface area contributed by atoms with E-state index in [4.69, 9.17) is 13.9 Å². The van der Waals surface area contributed by atoms with Gasteiger partial charge in [-0.15, -0.1) is 0 Å². The molecule has 146 valence electrons. The molecule has 1 aromatic carbocycles. The summed E-state index contributed by atoms with van der Waals surface area (Å²) in [7, 11) is 0.248. The largest absolute Gasteiger partial charge is 0.497 e. The van der Waals surface area contributed by atoms with Gasteiger partial charge in [-0.2, -0.15) is 0 Å². The zero-order valence-electron chi connectivity index (χ0n) is 15.5. The van der Waals surface area contributed by atoms with Gasteiger partial charge >= 0.3 is 0 Å². The summed E-state index contributed by atoms with van der Waals surface area (Å²) in [5.41, 5.74) is 1.41. The third kappa shape index (κ3) is 5.40. The number of hydrogen-bond donors (Lipinski definition) is 1. The normalized spacial score (nSPS) is 17.6. The first kappa shape index (κ1) is 19.6. The lowest BCUT2D eigenvalue weighted by molar-refractivity contribution is -0.119. The highest BCUT2D eigenvalue weighted by molar-refractivity contribution is 7.84. The third-order valence-corrected chi connectivity index (χ3v) is 5.55. The van der Waals surface area contributed by atoms with Crippen LogP contribution < -0.4 is 10.1 Å². The van der Waals surface area contributed by atoms with Crippen LogP contribution in [-0.4, -0.2) is 47.2 Å². The summed E-state index contributed by atoms with van der Waals surface area (Å²) in [4.78, 5) is 16.4. The first-order chi connectivity index (χ1) is 13.0. The number of methoxy groups -OCH3 is 1. The van der Waals surface area contributed by atoms with Crippen molar-refractivity contribution in [2.24, 2.45) is 0 Å². The minimum absolute atomic E-state index is 0.0586.